The van der Waals surface area contributed by atoms with Gasteiger partial charge >= 0.3 is 0 Å². The number of para-hydroxylation sites is 2. The molecule has 1 aliphatic heterocycles. The van der Waals surface area contributed by atoms with Crippen molar-refractivity contribution in [3.05, 3.63) is 24.3 Å². The van der Waals surface area contributed by atoms with Crippen LogP contribution >= 0.6 is 0 Å². The molecule has 0 spiro atoms. The van der Waals surface area contributed by atoms with Crippen LogP contribution in [0.2, 0.25) is 0 Å². The molecule has 0 aliphatic carbocycles. The quantitative estimate of drug-likeness (QED) is 0.840. The fraction of sp³-hybridized carbons (Fsp3) is 0.467. The third kappa shape index (κ3) is 3.10. The topological polar surface area (TPSA) is 49.9 Å². The molecule has 108 valence electrons. The molecule has 0 aromatic heterocycles. The summed E-state index contributed by atoms with van der Waals surface area (Å²) < 4.78 is 5.26. The normalized spacial score (nSPS) is 14.2. The van der Waals surface area contributed by atoms with Crippen molar-refractivity contribution in [2.24, 2.45) is 0 Å². The monoisotopic (exact) mass is 276 g/mol. The van der Waals surface area contributed by atoms with Crippen LogP contribution in [0, 0.1) is 0 Å². The summed E-state index contributed by atoms with van der Waals surface area (Å²) in [5.41, 5.74) is 0.634. The van der Waals surface area contributed by atoms with E-state index in [0.717, 1.165) is 25.9 Å². The van der Waals surface area contributed by atoms with Crippen LogP contribution in [-0.4, -0.2) is 43.5 Å². The van der Waals surface area contributed by atoms with Gasteiger partial charge in [0, 0.05) is 20.0 Å². The summed E-state index contributed by atoms with van der Waals surface area (Å²) >= 11 is 0. The van der Waals surface area contributed by atoms with Gasteiger partial charge in [-0.25, -0.2) is 0 Å². The Labute approximate surface area is 119 Å². The van der Waals surface area contributed by atoms with Crippen molar-refractivity contribution in [1.29, 1.82) is 0 Å². The van der Waals surface area contributed by atoms with E-state index in [9.17, 15) is 9.59 Å². The number of carbonyl (C=O) groups is 2. The van der Waals surface area contributed by atoms with E-state index in [1.54, 1.807) is 19.2 Å². The molecule has 5 heteroatoms. The van der Waals surface area contributed by atoms with E-state index in [-0.39, 0.29) is 18.4 Å². The summed E-state index contributed by atoms with van der Waals surface area (Å²) in [6, 6.07) is 7.24. The van der Waals surface area contributed by atoms with Crippen LogP contribution in [0.5, 0.6) is 5.75 Å². The number of carbonyl (C=O) groups excluding carboxylic acids is 2. The van der Waals surface area contributed by atoms with Crippen molar-refractivity contribution in [3.8, 4) is 5.75 Å². The molecule has 0 atom stereocenters. The highest BCUT2D eigenvalue weighted by Gasteiger charge is 2.24. The fourth-order valence-electron chi connectivity index (χ4n) is 2.42. The Balaban J connectivity index is 2.18. The second kappa shape index (κ2) is 6.41. The molecule has 20 heavy (non-hydrogen) atoms. The van der Waals surface area contributed by atoms with Crippen LogP contribution < -0.4 is 9.64 Å². The third-order valence-electron chi connectivity index (χ3n) is 3.51. The number of hydrogen-bond acceptors (Lipinski definition) is 3. The summed E-state index contributed by atoms with van der Waals surface area (Å²) in [5, 5.41) is 0. The maximum Gasteiger partial charge on any atom is 0.242 e. The zero-order chi connectivity index (χ0) is 14.5. The zero-order valence-electron chi connectivity index (χ0n) is 12.0. The highest BCUT2D eigenvalue weighted by molar-refractivity contribution is 5.98. The number of ether oxygens (including phenoxy) is 1. The molecule has 0 bridgehead atoms. The average molecular weight is 276 g/mol. The number of amides is 2. The van der Waals surface area contributed by atoms with E-state index in [1.165, 1.54) is 11.8 Å². The van der Waals surface area contributed by atoms with Gasteiger partial charge in [0.15, 0.2) is 0 Å². The Morgan fingerprint density at radius 1 is 1.25 bits per heavy atom. The summed E-state index contributed by atoms with van der Waals surface area (Å²) in [6.07, 6.45) is 2.08. The third-order valence-corrected chi connectivity index (χ3v) is 3.51. The lowest BCUT2D eigenvalue weighted by Gasteiger charge is -2.25. The molecule has 1 heterocycles. The van der Waals surface area contributed by atoms with Crippen LogP contribution in [0.1, 0.15) is 19.8 Å². The minimum absolute atomic E-state index is 0.0105. The van der Waals surface area contributed by atoms with Crippen LogP contribution in [0.4, 0.5) is 5.69 Å². The lowest BCUT2D eigenvalue weighted by molar-refractivity contribution is -0.130. The predicted molar refractivity (Wildman–Crippen MR) is 76.8 cm³/mol. The number of methoxy groups -OCH3 is 1. The Morgan fingerprint density at radius 3 is 2.50 bits per heavy atom. The van der Waals surface area contributed by atoms with Crippen LogP contribution in [0.3, 0.4) is 0 Å². The lowest BCUT2D eigenvalue weighted by Crippen LogP contribution is -2.41. The van der Waals surface area contributed by atoms with Crippen LogP contribution in [0.15, 0.2) is 24.3 Å². The number of rotatable bonds is 4. The highest BCUT2D eigenvalue weighted by Crippen LogP contribution is 2.27. The molecule has 1 aliphatic rings. The van der Waals surface area contributed by atoms with Gasteiger partial charge < -0.3 is 9.64 Å². The van der Waals surface area contributed by atoms with Gasteiger partial charge in [-0.3, -0.25) is 14.5 Å². The fourth-order valence-corrected chi connectivity index (χ4v) is 2.42. The van der Waals surface area contributed by atoms with E-state index in [0.29, 0.717) is 11.4 Å². The van der Waals surface area contributed by atoms with Crippen LogP contribution in [-0.2, 0) is 9.59 Å². The van der Waals surface area contributed by atoms with Gasteiger partial charge in [-0.2, -0.15) is 0 Å². The number of hydrogen-bond donors (Lipinski definition) is 0. The Hall–Kier alpha value is -2.04. The van der Waals surface area contributed by atoms with Gasteiger partial charge in [-0.05, 0) is 25.0 Å². The molecule has 0 radical (unpaired) electrons. The first-order chi connectivity index (χ1) is 9.63. The van der Waals surface area contributed by atoms with Gasteiger partial charge in [0.25, 0.3) is 0 Å². The molecule has 2 rings (SSSR count). The standard InChI is InChI=1S/C15H20N2O3/c1-12(18)17(11-15(19)16-9-5-6-10-16)13-7-3-4-8-14(13)20-2/h3-4,7-8H,5-6,9-11H2,1-2H3. The second-order valence-corrected chi connectivity index (χ2v) is 4.86. The molecule has 0 N–H and O–H groups in total. The van der Waals surface area contributed by atoms with Gasteiger partial charge in [0.05, 0.1) is 12.8 Å². The van der Waals surface area contributed by atoms with Crippen molar-refractivity contribution in [2.75, 3.05) is 31.6 Å². The molecule has 0 unspecified atom stereocenters. The Bertz CT molecular complexity index is 496. The lowest BCUT2D eigenvalue weighted by atomic mass is 10.2. The molecule has 1 saturated heterocycles. The number of anilines is 1. The van der Waals surface area contributed by atoms with Crippen molar-refractivity contribution in [2.45, 2.75) is 19.8 Å². The van der Waals surface area contributed by atoms with Gasteiger partial charge in [-0.1, -0.05) is 12.1 Å². The largest absolute Gasteiger partial charge is 0.495 e. The van der Waals surface area contributed by atoms with E-state index in [1.807, 2.05) is 17.0 Å². The van der Waals surface area contributed by atoms with Gasteiger partial charge in [0.1, 0.15) is 12.3 Å². The smallest absolute Gasteiger partial charge is 0.242 e. The Morgan fingerprint density at radius 2 is 1.90 bits per heavy atom. The maximum absolute atomic E-state index is 12.2. The molecule has 2 amide bonds. The number of nitrogens with zero attached hydrogens (tertiary/aromatic N) is 2. The molecule has 1 aromatic carbocycles. The molecular formula is C15H20N2O3. The van der Waals surface area contributed by atoms with Crippen LogP contribution in [0.25, 0.3) is 0 Å². The minimum Gasteiger partial charge on any atom is -0.495 e. The average Bonchev–Trinajstić information content (AvgIpc) is 2.98. The first-order valence-corrected chi connectivity index (χ1v) is 6.82. The first kappa shape index (κ1) is 14.4. The molecule has 5 nitrogen and oxygen atoms in total. The summed E-state index contributed by atoms with van der Waals surface area (Å²) in [4.78, 5) is 27.4. The van der Waals surface area contributed by atoms with E-state index >= 15 is 0 Å². The van der Waals surface area contributed by atoms with E-state index in [2.05, 4.69) is 0 Å². The van der Waals surface area contributed by atoms with E-state index in [4.69, 9.17) is 4.74 Å². The summed E-state index contributed by atoms with van der Waals surface area (Å²) in [6.45, 7) is 3.10. The molecule has 0 saturated carbocycles. The highest BCUT2D eigenvalue weighted by atomic mass is 16.5. The molecular weight excluding hydrogens is 256 g/mol. The van der Waals surface area contributed by atoms with Gasteiger partial charge in [-0.15, -0.1) is 0 Å². The van der Waals surface area contributed by atoms with Gasteiger partial charge in [0.2, 0.25) is 11.8 Å². The summed E-state index contributed by atoms with van der Waals surface area (Å²) in [5.74, 6) is 0.419. The SMILES string of the molecule is COc1ccccc1N(CC(=O)N1CCCC1)C(C)=O. The zero-order valence-corrected chi connectivity index (χ0v) is 12.0. The minimum atomic E-state index is -0.165. The van der Waals surface area contributed by atoms with Crippen molar-refractivity contribution in [3.63, 3.8) is 0 Å². The van der Waals surface area contributed by atoms with Crippen molar-refractivity contribution < 1.29 is 14.3 Å². The summed E-state index contributed by atoms with van der Waals surface area (Å²) in [7, 11) is 1.56. The van der Waals surface area contributed by atoms with Crippen molar-refractivity contribution in [1.82, 2.24) is 4.90 Å². The van der Waals surface area contributed by atoms with E-state index < -0.39 is 0 Å². The Kier molecular flexibility index (Phi) is 4.61. The second-order valence-electron chi connectivity index (χ2n) is 4.86. The number of likely N-dealkylation sites (tertiary alicyclic amines) is 1. The first-order valence-electron chi connectivity index (χ1n) is 6.82. The molecule has 1 fully saturated rings. The maximum atomic E-state index is 12.2. The van der Waals surface area contributed by atoms with Crippen molar-refractivity contribution >= 4 is 17.5 Å². The molecule has 1 aromatic rings. The number of benzene rings is 1. The predicted octanol–water partition coefficient (Wildman–Crippen LogP) is 1.67.